The van der Waals surface area contributed by atoms with Gasteiger partial charge in [0.05, 0.1) is 12.3 Å². The number of nitrogens with one attached hydrogen (secondary N) is 1. The van der Waals surface area contributed by atoms with Gasteiger partial charge in [0.1, 0.15) is 10.9 Å². The van der Waals surface area contributed by atoms with E-state index in [1.807, 2.05) is 6.92 Å². The lowest BCUT2D eigenvalue weighted by molar-refractivity contribution is -0.149. The molecule has 1 aromatic heterocycles. The Morgan fingerprint density at radius 2 is 2.29 bits per heavy atom. The number of ether oxygens (including phenoxy) is 1. The molecule has 1 aromatic rings. The molecule has 21 heavy (non-hydrogen) atoms. The number of piperazine rings is 1. The molecule has 0 spiro atoms. The fraction of sp³-hybridized carbons (Fsp3) is 0.692. The van der Waals surface area contributed by atoms with Gasteiger partial charge in [-0.2, -0.15) is 0 Å². The first-order valence-corrected chi connectivity index (χ1v) is 7.95. The number of rotatable bonds is 5. The fourth-order valence-corrected chi connectivity index (χ4v) is 2.96. The predicted octanol–water partition coefficient (Wildman–Crippen LogP) is 0.468. The van der Waals surface area contributed by atoms with Crippen LogP contribution in [0.25, 0.3) is 0 Å². The number of carbonyl (C=O) groups excluding carboxylic acids is 2. The van der Waals surface area contributed by atoms with Crippen LogP contribution in [0, 0.1) is 0 Å². The molecule has 116 valence electrons. The van der Waals surface area contributed by atoms with E-state index in [1.165, 1.54) is 0 Å². The van der Waals surface area contributed by atoms with Crippen molar-refractivity contribution in [1.29, 1.82) is 0 Å². The largest absolute Gasteiger partial charge is 0.464 e. The molecule has 0 aliphatic carbocycles. The molecule has 1 aliphatic heterocycles. The highest BCUT2D eigenvalue weighted by atomic mass is 32.1. The predicted molar refractivity (Wildman–Crippen MR) is 78.2 cm³/mol. The number of esters is 1. The Hall–Kier alpha value is -1.54. The SMILES string of the molecule is CCCc1nnsc1C(=O)N1CCNCC1C(=O)OCC. The van der Waals surface area contributed by atoms with Gasteiger partial charge in [-0.05, 0) is 24.9 Å². The number of nitrogens with zero attached hydrogens (tertiary/aromatic N) is 3. The molecule has 7 nitrogen and oxygen atoms in total. The molecular weight excluding hydrogens is 292 g/mol. The minimum Gasteiger partial charge on any atom is -0.464 e. The smallest absolute Gasteiger partial charge is 0.330 e. The standard InChI is InChI=1S/C13H20N4O3S/c1-3-5-9-11(21-16-15-9)12(18)17-7-6-14-8-10(17)13(19)20-4-2/h10,14H,3-8H2,1-2H3. The highest BCUT2D eigenvalue weighted by Gasteiger charge is 2.35. The number of hydrogen-bond acceptors (Lipinski definition) is 7. The Morgan fingerprint density at radius 3 is 3.00 bits per heavy atom. The average molecular weight is 312 g/mol. The van der Waals surface area contributed by atoms with Crippen LogP contribution in [0.15, 0.2) is 0 Å². The minimum absolute atomic E-state index is 0.173. The van der Waals surface area contributed by atoms with Gasteiger partial charge >= 0.3 is 5.97 Å². The maximum Gasteiger partial charge on any atom is 0.330 e. The molecule has 2 rings (SSSR count). The molecule has 1 fully saturated rings. The normalized spacial score (nSPS) is 18.6. The second-order valence-electron chi connectivity index (χ2n) is 4.77. The molecule has 1 N–H and O–H groups in total. The average Bonchev–Trinajstić information content (AvgIpc) is 2.95. The zero-order chi connectivity index (χ0) is 15.2. The summed E-state index contributed by atoms with van der Waals surface area (Å²) in [5, 5.41) is 7.14. The van der Waals surface area contributed by atoms with Crippen molar-refractivity contribution in [1.82, 2.24) is 19.8 Å². The van der Waals surface area contributed by atoms with E-state index in [4.69, 9.17) is 4.74 Å². The molecule has 1 saturated heterocycles. The highest BCUT2D eigenvalue weighted by molar-refractivity contribution is 7.08. The lowest BCUT2D eigenvalue weighted by Crippen LogP contribution is -2.57. The topological polar surface area (TPSA) is 84.4 Å². The van der Waals surface area contributed by atoms with Crippen molar-refractivity contribution in [3.63, 3.8) is 0 Å². The summed E-state index contributed by atoms with van der Waals surface area (Å²) in [4.78, 5) is 26.8. The summed E-state index contributed by atoms with van der Waals surface area (Å²) in [6.07, 6.45) is 1.61. The second-order valence-corrected chi connectivity index (χ2v) is 5.52. The van der Waals surface area contributed by atoms with Gasteiger partial charge in [0, 0.05) is 19.6 Å². The van der Waals surface area contributed by atoms with Crippen LogP contribution in [0.4, 0.5) is 0 Å². The van der Waals surface area contributed by atoms with E-state index in [2.05, 4.69) is 14.9 Å². The lowest BCUT2D eigenvalue weighted by Gasteiger charge is -2.34. The Bertz CT molecular complexity index is 505. The zero-order valence-electron chi connectivity index (χ0n) is 12.3. The quantitative estimate of drug-likeness (QED) is 0.796. The molecule has 0 aromatic carbocycles. The maximum absolute atomic E-state index is 12.7. The van der Waals surface area contributed by atoms with Gasteiger partial charge < -0.3 is 15.0 Å². The fourth-order valence-electron chi connectivity index (χ4n) is 2.30. The van der Waals surface area contributed by atoms with Gasteiger partial charge in [-0.25, -0.2) is 4.79 Å². The second kappa shape index (κ2) is 7.46. The Balaban J connectivity index is 2.18. The van der Waals surface area contributed by atoms with Crippen molar-refractivity contribution in [3.05, 3.63) is 10.6 Å². The molecule has 1 amide bonds. The van der Waals surface area contributed by atoms with E-state index < -0.39 is 6.04 Å². The van der Waals surface area contributed by atoms with E-state index in [1.54, 1.807) is 11.8 Å². The molecule has 8 heteroatoms. The third-order valence-electron chi connectivity index (χ3n) is 3.30. The van der Waals surface area contributed by atoms with Crippen LogP contribution in [0.5, 0.6) is 0 Å². The summed E-state index contributed by atoms with van der Waals surface area (Å²) in [6.45, 7) is 5.65. The van der Waals surface area contributed by atoms with E-state index in [0.29, 0.717) is 43.2 Å². The van der Waals surface area contributed by atoms with Crippen LogP contribution in [-0.2, 0) is 16.0 Å². The van der Waals surface area contributed by atoms with Crippen molar-refractivity contribution < 1.29 is 14.3 Å². The number of aromatic nitrogens is 2. The number of carbonyl (C=O) groups is 2. The first-order valence-electron chi connectivity index (χ1n) is 7.18. The van der Waals surface area contributed by atoms with E-state index >= 15 is 0 Å². The van der Waals surface area contributed by atoms with Crippen molar-refractivity contribution in [3.8, 4) is 0 Å². The summed E-state index contributed by atoms with van der Waals surface area (Å²) in [6, 6.07) is -0.581. The zero-order valence-corrected chi connectivity index (χ0v) is 13.1. The lowest BCUT2D eigenvalue weighted by atomic mass is 10.1. The van der Waals surface area contributed by atoms with Crippen LogP contribution in [-0.4, -0.2) is 58.6 Å². The van der Waals surface area contributed by atoms with Crippen molar-refractivity contribution in [2.75, 3.05) is 26.2 Å². The van der Waals surface area contributed by atoms with Gasteiger partial charge in [0.25, 0.3) is 5.91 Å². The number of hydrogen-bond donors (Lipinski definition) is 1. The van der Waals surface area contributed by atoms with E-state index in [9.17, 15) is 9.59 Å². The third-order valence-corrected chi connectivity index (χ3v) is 4.06. The molecule has 0 bridgehead atoms. The van der Waals surface area contributed by atoms with E-state index in [-0.39, 0.29) is 11.9 Å². The first kappa shape index (κ1) is 15.8. The van der Waals surface area contributed by atoms with Crippen LogP contribution < -0.4 is 5.32 Å². The molecule has 1 unspecified atom stereocenters. The summed E-state index contributed by atoms with van der Waals surface area (Å²) in [7, 11) is 0. The van der Waals surface area contributed by atoms with Crippen molar-refractivity contribution >= 4 is 23.4 Å². The number of aryl methyl sites for hydroxylation is 1. The van der Waals surface area contributed by atoms with Gasteiger partial charge in [-0.1, -0.05) is 17.8 Å². The molecule has 1 atom stereocenters. The Labute approximate surface area is 127 Å². The first-order chi connectivity index (χ1) is 10.2. The summed E-state index contributed by atoms with van der Waals surface area (Å²) < 4.78 is 8.93. The number of amides is 1. The van der Waals surface area contributed by atoms with Crippen molar-refractivity contribution in [2.24, 2.45) is 0 Å². The van der Waals surface area contributed by atoms with E-state index in [0.717, 1.165) is 18.0 Å². The summed E-state index contributed by atoms with van der Waals surface area (Å²) in [5.41, 5.74) is 0.716. The maximum atomic E-state index is 12.7. The van der Waals surface area contributed by atoms with Crippen LogP contribution in [0.2, 0.25) is 0 Å². The molecule has 1 aliphatic rings. The summed E-state index contributed by atoms with van der Waals surface area (Å²) >= 11 is 1.09. The molecular formula is C13H20N4O3S. The van der Waals surface area contributed by atoms with Gasteiger partial charge in [-0.3, -0.25) is 4.79 Å². The summed E-state index contributed by atoms with van der Waals surface area (Å²) in [5.74, 6) is -0.541. The van der Waals surface area contributed by atoms with Crippen LogP contribution in [0.1, 0.15) is 35.6 Å². The van der Waals surface area contributed by atoms with Gasteiger partial charge in [-0.15, -0.1) is 5.10 Å². The van der Waals surface area contributed by atoms with Crippen LogP contribution in [0.3, 0.4) is 0 Å². The molecule has 0 saturated carbocycles. The molecule has 0 radical (unpaired) electrons. The Morgan fingerprint density at radius 1 is 1.48 bits per heavy atom. The van der Waals surface area contributed by atoms with Gasteiger partial charge in [0.15, 0.2) is 0 Å². The van der Waals surface area contributed by atoms with Gasteiger partial charge in [0.2, 0.25) is 0 Å². The monoisotopic (exact) mass is 312 g/mol. The highest BCUT2D eigenvalue weighted by Crippen LogP contribution is 2.18. The molecule has 2 heterocycles. The van der Waals surface area contributed by atoms with Crippen LogP contribution >= 0.6 is 11.5 Å². The van der Waals surface area contributed by atoms with Crippen molar-refractivity contribution in [2.45, 2.75) is 32.7 Å². The Kier molecular flexibility index (Phi) is 5.63. The minimum atomic E-state index is -0.581. The third kappa shape index (κ3) is 3.56.